The van der Waals surface area contributed by atoms with Crippen molar-refractivity contribution in [2.75, 3.05) is 13.2 Å². The first-order valence-corrected chi connectivity index (χ1v) is 23.0. The Morgan fingerprint density at radius 3 is 1.57 bits per heavy atom. The number of nitrogens with one attached hydrogen (secondary N) is 1. The Morgan fingerprint density at radius 2 is 1.10 bits per heavy atom. The van der Waals surface area contributed by atoms with Crippen molar-refractivity contribution in [2.45, 2.75) is 78.5 Å². The van der Waals surface area contributed by atoms with Crippen molar-refractivity contribution in [2.24, 2.45) is 5.92 Å². The number of hydrogen-bond acceptors (Lipinski definition) is 13. The Bertz CT molecular complexity index is 2710. The number of ether oxygens (including phenoxy) is 4. The second-order valence-electron chi connectivity index (χ2n) is 16.4. The molecule has 0 amide bonds. The lowest BCUT2D eigenvalue weighted by atomic mass is 9.92. The summed E-state index contributed by atoms with van der Waals surface area (Å²) in [6.07, 6.45) is 6.74. The van der Waals surface area contributed by atoms with E-state index in [9.17, 15) is 40.5 Å². The van der Waals surface area contributed by atoms with Gasteiger partial charge in [-0.3, -0.25) is 19.6 Å². The summed E-state index contributed by atoms with van der Waals surface area (Å²) in [5, 5.41) is 60.4. The molecule has 15 nitrogen and oxygen atoms in total. The molecule has 2 atom stereocenters. The summed E-state index contributed by atoms with van der Waals surface area (Å²) >= 11 is 13.6. The van der Waals surface area contributed by atoms with Crippen LogP contribution in [0.15, 0.2) is 97.6 Å². The number of carbonyl (C=O) groups is 2. The van der Waals surface area contributed by atoms with Gasteiger partial charge in [-0.1, -0.05) is 59.6 Å². The standard InChI is InChI=1S/C53H51Cl2N5O10/c1-32-40(30-69-50-19-48(67-28-36-15-34(21-56)23-58-25-36)39(17-45(50)54)10-9-38(11-13-61)52(63)64)5-3-7-43(32)44-8-4-6-41(33(44)2)31-70-51-20-49(68-29-37-16-35(22-57)24-59-26-37)42(18-46(51)55)27-60-47(12-14-62)53(65)66/h3-8,15-20,23-26,38,47,60-62H,9-14,27-31H2,1-2H3,(H,63,64)(H,65,66)/t38-,47-/m1/s1. The number of aliphatic hydroxyl groups excluding tert-OH is 2. The number of aliphatic carboxylic acids is 2. The predicted octanol–water partition coefficient (Wildman–Crippen LogP) is 9.07. The van der Waals surface area contributed by atoms with Crippen molar-refractivity contribution in [1.82, 2.24) is 15.3 Å². The molecular formula is C53H51Cl2N5O10. The van der Waals surface area contributed by atoms with Gasteiger partial charge in [-0.15, -0.1) is 0 Å². The van der Waals surface area contributed by atoms with E-state index in [4.69, 9.17) is 42.1 Å². The van der Waals surface area contributed by atoms with E-state index in [0.717, 1.165) is 33.4 Å². The van der Waals surface area contributed by atoms with E-state index in [1.807, 2.05) is 50.2 Å². The fourth-order valence-corrected chi connectivity index (χ4v) is 8.16. The van der Waals surface area contributed by atoms with Crippen molar-refractivity contribution in [3.8, 4) is 46.3 Å². The number of hydrogen-bond donors (Lipinski definition) is 5. The van der Waals surface area contributed by atoms with Gasteiger partial charge in [0.1, 0.15) is 67.6 Å². The van der Waals surface area contributed by atoms with Gasteiger partial charge in [0, 0.05) is 73.4 Å². The van der Waals surface area contributed by atoms with Crippen LogP contribution in [0, 0.1) is 42.4 Å². The minimum absolute atomic E-state index is 0.000901. The third kappa shape index (κ3) is 13.9. The van der Waals surface area contributed by atoms with Gasteiger partial charge >= 0.3 is 11.9 Å². The maximum absolute atomic E-state index is 11.9. The van der Waals surface area contributed by atoms with Gasteiger partial charge in [-0.2, -0.15) is 10.5 Å². The summed E-state index contributed by atoms with van der Waals surface area (Å²) in [4.78, 5) is 31.9. The molecule has 5 N–H and O–H groups in total. The number of aliphatic hydroxyl groups is 2. The highest BCUT2D eigenvalue weighted by Gasteiger charge is 2.22. The lowest BCUT2D eigenvalue weighted by Crippen LogP contribution is -2.37. The molecule has 0 aliphatic carbocycles. The monoisotopic (exact) mass is 987 g/mol. The maximum Gasteiger partial charge on any atom is 0.320 e. The lowest BCUT2D eigenvalue weighted by molar-refractivity contribution is -0.142. The van der Waals surface area contributed by atoms with Gasteiger partial charge < -0.3 is 44.7 Å². The zero-order valence-corrected chi connectivity index (χ0v) is 40.0. The Hall–Kier alpha value is -7.24. The van der Waals surface area contributed by atoms with Crippen LogP contribution in [0.2, 0.25) is 10.0 Å². The van der Waals surface area contributed by atoms with Crippen LogP contribution in [0.5, 0.6) is 23.0 Å². The van der Waals surface area contributed by atoms with Crippen LogP contribution in [0.3, 0.4) is 0 Å². The van der Waals surface area contributed by atoms with Gasteiger partial charge in [-0.05, 0) is 103 Å². The highest BCUT2D eigenvalue weighted by molar-refractivity contribution is 6.32. The topological polar surface area (TPSA) is 237 Å². The van der Waals surface area contributed by atoms with Crippen molar-refractivity contribution in [3.05, 3.63) is 163 Å². The fraction of sp³-hybridized carbons (Fsp3) is 0.283. The van der Waals surface area contributed by atoms with E-state index in [1.54, 1.807) is 48.8 Å². The minimum atomic E-state index is -1.11. The predicted molar refractivity (Wildman–Crippen MR) is 261 cm³/mol. The van der Waals surface area contributed by atoms with Crippen LogP contribution in [-0.2, 0) is 49.0 Å². The van der Waals surface area contributed by atoms with Crippen molar-refractivity contribution in [3.63, 3.8) is 0 Å². The summed E-state index contributed by atoms with van der Waals surface area (Å²) in [7, 11) is 0. The van der Waals surface area contributed by atoms with Gasteiger partial charge in [0.05, 0.1) is 27.1 Å². The van der Waals surface area contributed by atoms with E-state index in [1.165, 1.54) is 12.4 Å². The molecule has 362 valence electrons. The Morgan fingerprint density at radius 1 is 0.614 bits per heavy atom. The first-order chi connectivity index (χ1) is 33.8. The summed E-state index contributed by atoms with van der Waals surface area (Å²) in [5.74, 6) is -1.41. The number of nitrogens with zero attached hydrogens (tertiary/aromatic N) is 4. The molecule has 0 saturated heterocycles. The zero-order valence-electron chi connectivity index (χ0n) is 38.5. The van der Waals surface area contributed by atoms with Crippen LogP contribution < -0.4 is 24.3 Å². The molecule has 6 aromatic rings. The number of aryl methyl sites for hydroxylation is 1. The number of aromatic nitrogens is 2. The van der Waals surface area contributed by atoms with Crippen LogP contribution in [-0.4, -0.2) is 61.6 Å². The molecule has 2 aromatic heterocycles. The summed E-state index contributed by atoms with van der Waals surface area (Å²) < 4.78 is 25.1. The second-order valence-corrected chi connectivity index (χ2v) is 17.2. The van der Waals surface area contributed by atoms with E-state index >= 15 is 0 Å². The molecular weight excluding hydrogens is 938 g/mol. The fourth-order valence-electron chi connectivity index (χ4n) is 7.68. The number of nitriles is 2. The number of halogens is 2. The molecule has 0 aliphatic rings. The molecule has 0 saturated carbocycles. The van der Waals surface area contributed by atoms with E-state index in [2.05, 4.69) is 27.4 Å². The minimum Gasteiger partial charge on any atom is -0.488 e. The molecule has 17 heteroatoms. The molecule has 6 rings (SSSR count). The second kappa shape index (κ2) is 25.4. The smallest absolute Gasteiger partial charge is 0.320 e. The highest BCUT2D eigenvalue weighted by Crippen LogP contribution is 2.38. The maximum atomic E-state index is 11.9. The van der Waals surface area contributed by atoms with E-state index in [0.29, 0.717) is 67.8 Å². The number of rotatable bonds is 25. The average Bonchev–Trinajstić information content (AvgIpc) is 3.35. The molecule has 0 bridgehead atoms. The summed E-state index contributed by atoms with van der Waals surface area (Å²) in [5.41, 5.74) is 8.91. The van der Waals surface area contributed by atoms with Gasteiger partial charge in [0.15, 0.2) is 0 Å². The quantitative estimate of drug-likeness (QED) is 0.0360. The van der Waals surface area contributed by atoms with Crippen molar-refractivity contribution in [1.29, 1.82) is 10.5 Å². The molecule has 0 unspecified atom stereocenters. The number of benzene rings is 4. The van der Waals surface area contributed by atoms with Crippen LogP contribution in [0.1, 0.15) is 74.9 Å². The molecule has 2 heterocycles. The first kappa shape index (κ1) is 52.1. The van der Waals surface area contributed by atoms with Crippen molar-refractivity contribution < 1.29 is 49.0 Å². The van der Waals surface area contributed by atoms with Gasteiger partial charge in [0.2, 0.25) is 0 Å². The van der Waals surface area contributed by atoms with Crippen molar-refractivity contribution >= 4 is 35.1 Å². The molecule has 0 aliphatic heterocycles. The summed E-state index contributed by atoms with van der Waals surface area (Å²) in [6.45, 7) is 3.93. The van der Waals surface area contributed by atoms with E-state index in [-0.39, 0.29) is 70.5 Å². The summed E-state index contributed by atoms with van der Waals surface area (Å²) in [6, 6.07) is 25.0. The third-order valence-corrected chi connectivity index (χ3v) is 12.2. The Labute approximate surface area is 415 Å². The third-order valence-electron chi connectivity index (χ3n) is 11.7. The van der Waals surface area contributed by atoms with E-state index < -0.39 is 23.9 Å². The zero-order chi connectivity index (χ0) is 50.2. The Kier molecular flexibility index (Phi) is 18.9. The molecule has 0 fully saturated rings. The van der Waals surface area contributed by atoms with Crippen LogP contribution in [0.4, 0.5) is 0 Å². The van der Waals surface area contributed by atoms with Crippen LogP contribution >= 0.6 is 23.2 Å². The molecule has 70 heavy (non-hydrogen) atoms. The molecule has 0 radical (unpaired) electrons. The average molecular weight is 989 g/mol. The first-order valence-electron chi connectivity index (χ1n) is 22.2. The highest BCUT2D eigenvalue weighted by atomic mass is 35.5. The van der Waals surface area contributed by atoms with Gasteiger partial charge in [0.25, 0.3) is 0 Å². The number of pyridine rings is 2. The van der Waals surface area contributed by atoms with Crippen LogP contribution in [0.25, 0.3) is 11.1 Å². The Balaban J connectivity index is 1.21. The largest absolute Gasteiger partial charge is 0.488 e. The SMILES string of the molecule is Cc1c(COc2cc(OCc3cncc(C#N)c3)c(CC[C@H](CCO)C(=O)O)cc2Cl)cccc1-c1cccc(COc2cc(OCc3cncc(C#N)c3)c(CN[C@H](CCO)C(=O)O)cc2Cl)c1C. The lowest BCUT2D eigenvalue weighted by Gasteiger charge is -2.19. The molecule has 4 aromatic carbocycles. The van der Waals surface area contributed by atoms with Gasteiger partial charge in [-0.25, -0.2) is 0 Å². The molecule has 0 spiro atoms. The number of carboxylic acid groups (broad SMARTS) is 2. The number of carboxylic acids is 2. The normalized spacial score (nSPS) is 11.8.